The van der Waals surface area contributed by atoms with Crippen molar-refractivity contribution < 1.29 is 4.74 Å². The summed E-state index contributed by atoms with van der Waals surface area (Å²) in [5.74, 6) is 0.990. The highest BCUT2D eigenvalue weighted by atomic mass is 32.1. The number of nitrogens with zero attached hydrogens (tertiary/aromatic N) is 1. The Morgan fingerprint density at radius 2 is 1.92 bits per heavy atom. The molecule has 1 fully saturated rings. The summed E-state index contributed by atoms with van der Waals surface area (Å²) in [5, 5.41) is 0.420. The highest BCUT2D eigenvalue weighted by molar-refractivity contribution is 7.80. The quantitative estimate of drug-likeness (QED) is 0.541. The maximum atomic E-state index is 5.29. The summed E-state index contributed by atoms with van der Waals surface area (Å²) in [5.41, 5.74) is 0. The Morgan fingerprint density at radius 1 is 1.23 bits per heavy atom. The number of rotatable bonds is 5. The number of thiol groups is 2. The highest BCUT2D eigenvalue weighted by Gasteiger charge is 2.16. The Kier molecular flexibility index (Phi) is 6.28. The Balaban J connectivity index is 2.09. The molecule has 0 radical (unpaired) electrons. The van der Waals surface area contributed by atoms with Crippen LogP contribution in [-0.2, 0) is 4.74 Å². The molecule has 2 nitrogen and oxygen atoms in total. The van der Waals surface area contributed by atoms with Gasteiger partial charge in [-0.1, -0.05) is 6.42 Å². The fourth-order valence-electron chi connectivity index (χ4n) is 1.50. The number of hydrogen-bond acceptors (Lipinski definition) is 4. The van der Waals surface area contributed by atoms with Gasteiger partial charge < -0.3 is 4.74 Å². The van der Waals surface area contributed by atoms with E-state index in [0.29, 0.717) is 5.37 Å². The van der Waals surface area contributed by atoms with E-state index in [1.165, 1.54) is 19.3 Å². The first-order valence-corrected chi connectivity index (χ1v) is 6.10. The molecule has 0 spiro atoms. The first kappa shape index (κ1) is 11.7. The van der Waals surface area contributed by atoms with Crippen LogP contribution in [0.2, 0.25) is 0 Å². The van der Waals surface area contributed by atoms with Gasteiger partial charge in [-0.3, -0.25) is 4.90 Å². The monoisotopic (exact) mass is 221 g/mol. The smallest absolute Gasteiger partial charge is 0.0594 e. The minimum Gasteiger partial charge on any atom is -0.379 e. The Hall–Kier alpha value is 0.620. The van der Waals surface area contributed by atoms with Gasteiger partial charge in [0.1, 0.15) is 0 Å². The molecule has 0 bridgehead atoms. The number of ether oxygens (including phenoxy) is 1. The molecule has 1 aliphatic rings. The third kappa shape index (κ3) is 4.58. The average molecular weight is 221 g/mol. The average Bonchev–Trinajstić information content (AvgIpc) is 2.19. The van der Waals surface area contributed by atoms with E-state index in [4.69, 9.17) is 4.74 Å². The van der Waals surface area contributed by atoms with E-state index in [1.807, 2.05) is 0 Å². The van der Waals surface area contributed by atoms with Crippen LogP contribution in [0.5, 0.6) is 0 Å². The van der Waals surface area contributed by atoms with Crippen molar-refractivity contribution in [3.8, 4) is 0 Å². The predicted molar refractivity (Wildman–Crippen MR) is 62.9 cm³/mol. The molecular weight excluding hydrogens is 202 g/mol. The van der Waals surface area contributed by atoms with Crippen molar-refractivity contribution in [2.45, 2.75) is 24.6 Å². The molecule has 1 atom stereocenters. The molecule has 1 saturated heterocycles. The summed E-state index contributed by atoms with van der Waals surface area (Å²) in [4.78, 5) is 2.39. The lowest BCUT2D eigenvalue weighted by Gasteiger charge is -2.31. The third-order valence-corrected chi connectivity index (χ3v) is 3.24. The van der Waals surface area contributed by atoms with Gasteiger partial charge in [0.15, 0.2) is 0 Å². The largest absolute Gasteiger partial charge is 0.379 e. The molecule has 1 unspecified atom stereocenters. The van der Waals surface area contributed by atoms with Crippen LogP contribution in [-0.4, -0.2) is 42.3 Å². The SMILES string of the molecule is SCCCCC(S)N1CCOCC1. The maximum Gasteiger partial charge on any atom is 0.0594 e. The van der Waals surface area contributed by atoms with Crippen molar-refractivity contribution in [2.75, 3.05) is 32.1 Å². The van der Waals surface area contributed by atoms with Crippen molar-refractivity contribution in [1.82, 2.24) is 4.90 Å². The van der Waals surface area contributed by atoms with Crippen LogP contribution in [0, 0.1) is 0 Å². The Morgan fingerprint density at radius 3 is 2.54 bits per heavy atom. The van der Waals surface area contributed by atoms with Gasteiger partial charge in [0.2, 0.25) is 0 Å². The van der Waals surface area contributed by atoms with E-state index >= 15 is 0 Å². The Labute approximate surface area is 91.8 Å². The summed E-state index contributed by atoms with van der Waals surface area (Å²) >= 11 is 8.78. The molecule has 0 amide bonds. The van der Waals surface area contributed by atoms with Crippen molar-refractivity contribution in [3.63, 3.8) is 0 Å². The van der Waals surface area contributed by atoms with Gasteiger partial charge in [-0.25, -0.2) is 0 Å². The van der Waals surface area contributed by atoms with Gasteiger partial charge in [-0.05, 0) is 18.6 Å². The van der Waals surface area contributed by atoms with Gasteiger partial charge in [0.25, 0.3) is 0 Å². The molecule has 0 aromatic heterocycles. The second kappa shape index (κ2) is 6.98. The van der Waals surface area contributed by atoms with Crippen LogP contribution in [0.25, 0.3) is 0 Å². The molecular formula is C9H19NOS2. The molecule has 4 heteroatoms. The van der Waals surface area contributed by atoms with Gasteiger partial charge in [0.05, 0.1) is 18.6 Å². The molecule has 13 heavy (non-hydrogen) atoms. The molecule has 1 heterocycles. The van der Waals surface area contributed by atoms with E-state index in [2.05, 4.69) is 30.2 Å². The molecule has 0 aliphatic carbocycles. The summed E-state index contributed by atoms with van der Waals surface area (Å²) in [6.45, 7) is 3.80. The zero-order valence-electron chi connectivity index (χ0n) is 7.98. The maximum absolute atomic E-state index is 5.29. The molecule has 0 N–H and O–H groups in total. The zero-order valence-corrected chi connectivity index (χ0v) is 9.77. The lowest BCUT2D eigenvalue weighted by atomic mass is 10.2. The predicted octanol–water partition coefficient (Wildman–Crippen LogP) is 1.67. The van der Waals surface area contributed by atoms with Crippen LogP contribution in [0.1, 0.15) is 19.3 Å². The Bertz CT molecular complexity index is 129. The third-order valence-electron chi connectivity index (χ3n) is 2.34. The first-order chi connectivity index (χ1) is 6.34. The van der Waals surface area contributed by atoms with Crippen LogP contribution in [0.4, 0.5) is 0 Å². The lowest BCUT2D eigenvalue weighted by molar-refractivity contribution is 0.0315. The van der Waals surface area contributed by atoms with Gasteiger partial charge in [0, 0.05) is 13.1 Å². The molecule has 1 aliphatic heterocycles. The summed E-state index contributed by atoms with van der Waals surface area (Å²) in [6.07, 6.45) is 3.60. The fraction of sp³-hybridized carbons (Fsp3) is 1.00. The zero-order chi connectivity index (χ0) is 9.52. The van der Waals surface area contributed by atoms with Crippen LogP contribution < -0.4 is 0 Å². The van der Waals surface area contributed by atoms with Gasteiger partial charge in [-0.2, -0.15) is 25.3 Å². The minimum absolute atomic E-state index is 0.420. The highest BCUT2D eigenvalue weighted by Crippen LogP contribution is 2.14. The van der Waals surface area contributed by atoms with E-state index < -0.39 is 0 Å². The normalized spacial score (nSPS) is 21.7. The van der Waals surface area contributed by atoms with Crippen LogP contribution in [0.15, 0.2) is 0 Å². The molecule has 0 saturated carbocycles. The second-order valence-electron chi connectivity index (χ2n) is 3.35. The topological polar surface area (TPSA) is 12.5 Å². The van der Waals surface area contributed by atoms with E-state index in [9.17, 15) is 0 Å². The second-order valence-corrected chi connectivity index (χ2v) is 4.39. The molecule has 1 rings (SSSR count). The number of unbranched alkanes of at least 4 members (excludes halogenated alkanes) is 1. The van der Waals surface area contributed by atoms with Crippen LogP contribution in [0.3, 0.4) is 0 Å². The fourth-order valence-corrected chi connectivity index (χ4v) is 2.13. The van der Waals surface area contributed by atoms with Gasteiger partial charge in [-0.15, -0.1) is 0 Å². The van der Waals surface area contributed by atoms with Crippen LogP contribution >= 0.6 is 25.3 Å². The summed E-state index contributed by atoms with van der Waals surface area (Å²) in [6, 6.07) is 0. The molecule has 78 valence electrons. The van der Waals surface area contributed by atoms with E-state index in [1.54, 1.807) is 0 Å². The molecule has 0 aromatic rings. The number of morpholine rings is 1. The first-order valence-electron chi connectivity index (χ1n) is 4.95. The number of hydrogen-bond donors (Lipinski definition) is 2. The van der Waals surface area contributed by atoms with Crippen molar-refractivity contribution in [3.05, 3.63) is 0 Å². The van der Waals surface area contributed by atoms with E-state index in [-0.39, 0.29) is 0 Å². The lowest BCUT2D eigenvalue weighted by Crippen LogP contribution is -2.41. The standard InChI is InChI=1S/C9H19NOS2/c12-8-2-1-3-9(13)10-4-6-11-7-5-10/h9,12-13H,1-8H2. The van der Waals surface area contributed by atoms with Crippen molar-refractivity contribution in [2.24, 2.45) is 0 Å². The van der Waals surface area contributed by atoms with Gasteiger partial charge >= 0.3 is 0 Å². The van der Waals surface area contributed by atoms with Crippen molar-refractivity contribution >= 4 is 25.3 Å². The summed E-state index contributed by atoms with van der Waals surface area (Å²) < 4.78 is 5.29. The van der Waals surface area contributed by atoms with E-state index in [0.717, 1.165) is 32.1 Å². The van der Waals surface area contributed by atoms with Crippen molar-refractivity contribution in [1.29, 1.82) is 0 Å². The molecule has 0 aromatic carbocycles. The summed E-state index contributed by atoms with van der Waals surface area (Å²) in [7, 11) is 0. The minimum atomic E-state index is 0.420.